The van der Waals surface area contributed by atoms with Crippen molar-refractivity contribution in [1.29, 1.82) is 0 Å². The maximum atomic E-state index is 6.19. The second-order valence-electron chi connectivity index (χ2n) is 6.96. The highest BCUT2D eigenvalue weighted by atomic mass is 16.5. The average Bonchev–Trinajstić information content (AvgIpc) is 2.58. The van der Waals surface area contributed by atoms with Gasteiger partial charge in [-0.05, 0) is 35.4 Å². The van der Waals surface area contributed by atoms with Crippen molar-refractivity contribution < 1.29 is 4.74 Å². The largest absolute Gasteiger partial charge is 0.453 e. The number of fused-ring (bicyclic) bond motifs is 4. The molecule has 0 saturated heterocycles. The molecule has 0 N–H and O–H groups in total. The first-order valence-corrected chi connectivity index (χ1v) is 8.18. The maximum absolute atomic E-state index is 6.19. The number of rotatable bonds is 0. The molecule has 3 heteroatoms. The van der Waals surface area contributed by atoms with Crippen LogP contribution in [0.3, 0.4) is 0 Å². The van der Waals surface area contributed by atoms with Gasteiger partial charge in [0.25, 0.3) is 0 Å². The number of anilines is 3. The highest BCUT2D eigenvalue weighted by molar-refractivity contribution is 6.32. The summed E-state index contributed by atoms with van der Waals surface area (Å²) in [5.41, 5.74) is 6.47. The molecule has 3 aromatic rings. The van der Waals surface area contributed by atoms with Crippen LogP contribution >= 0.6 is 0 Å². The molecular weight excluding hydrogens is 293 g/mol. The van der Waals surface area contributed by atoms with Crippen molar-refractivity contribution in [3.63, 3.8) is 0 Å². The van der Waals surface area contributed by atoms with Crippen molar-refractivity contribution in [2.75, 3.05) is 4.90 Å². The minimum Gasteiger partial charge on any atom is -0.453 e. The van der Waals surface area contributed by atoms with Gasteiger partial charge in [0, 0.05) is 5.41 Å². The summed E-state index contributed by atoms with van der Waals surface area (Å²) >= 11 is 0. The van der Waals surface area contributed by atoms with E-state index in [9.17, 15) is 0 Å². The fourth-order valence-electron chi connectivity index (χ4n) is 3.97. The summed E-state index contributed by atoms with van der Waals surface area (Å²) in [7, 11) is 6.19. The van der Waals surface area contributed by atoms with Gasteiger partial charge < -0.3 is 9.64 Å². The van der Waals surface area contributed by atoms with Gasteiger partial charge in [0.15, 0.2) is 11.5 Å². The number of para-hydroxylation sites is 3. The van der Waals surface area contributed by atoms with E-state index in [1.807, 2.05) is 24.3 Å². The fraction of sp³-hybridized carbons (Fsp3) is 0.143. The van der Waals surface area contributed by atoms with Crippen LogP contribution in [0.25, 0.3) is 0 Å². The van der Waals surface area contributed by atoms with Crippen LogP contribution in [0, 0.1) is 0 Å². The molecule has 2 heterocycles. The minimum absolute atomic E-state index is 0.137. The standard InChI is InChI=1S/C21H16BNO/c1-21(2)14-7-3-4-8-16(14)23-17-9-5-6-10-18(17)24-19-12-13(22)11-15(21)20(19)23/h3-12H,1-2H3. The molecule has 0 unspecified atom stereocenters. The van der Waals surface area contributed by atoms with Gasteiger partial charge in [-0.3, -0.25) is 0 Å². The summed E-state index contributed by atoms with van der Waals surface area (Å²) in [6.07, 6.45) is 0. The van der Waals surface area contributed by atoms with E-state index in [4.69, 9.17) is 12.6 Å². The summed E-state index contributed by atoms with van der Waals surface area (Å²) in [5, 5.41) is 0. The molecule has 2 nitrogen and oxygen atoms in total. The first kappa shape index (κ1) is 13.7. The predicted molar refractivity (Wildman–Crippen MR) is 98.7 cm³/mol. The highest BCUT2D eigenvalue weighted by Gasteiger charge is 2.41. The van der Waals surface area contributed by atoms with Crippen LogP contribution in [0.15, 0.2) is 60.7 Å². The van der Waals surface area contributed by atoms with Gasteiger partial charge in [-0.15, -0.1) is 0 Å². The number of ether oxygens (including phenoxy) is 1. The molecule has 0 aliphatic carbocycles. The molecule has 0 fully saturated rings. The Morgan fingerprint density at radius 1 is 0.833 bits per heavy atom. The summed E-state index contributed by atoms with van der Waals surface area (Å²) < 4.78 is 6.19. The molecule has 2 aliphatic rings. The molecule has 2 radical (unpaired) electrons. The molecular formula is C21H16BNO. The molecule has 5 rings (SSSR count). The number of nitrogens with zero attached hydrogens (tertiary/aromatic N) is 1. The average molecular weight is 309 g/mol. The van der Waals surface area contributed by atoms with Crippen molar-refractivity contribution in [1.82, 2.24) is 0 Å². The predicted octanol–water partition coefficient (Wildman–Crippen LogP) is 4.70. The zero-order chi connectivity index (χ0) is 16.5. The summed E-state index contributed by atoms with van der Waals surface area (Å²) in [6.45, 7) is 4.50. The molecule has 24 heavy (non-hydrogen) atoms. The van der Waals surface area contributed by atoms with Gasteiger partial charge >= 0.3 is 0 Å². The lowest BCUT2D eigenvalue weighted by atomic mass is 9.71. The zero-order valence-electron chi connectivity index (χ0n) is 13.7. The summed E-state index contributed by atoms with van der Waals surface area (Å²) in [6, 6.07) is 20.7. The molecule has 0 spiro atoms. The highest BCUT2D eigenvalue weighted by Crippen LogP contribution is 2.59. The van der Waals surface area contributed by atoms with Gasteiger partial charge in [0.1, 0.15) is 7.85 Å². The molecule has 114 valence electrons. The van der Waals surface area contributed by atoms with Crippen molar-refractivity contribution in [2.24, 2.45) is 0 Å². The van der Waals surface area contributed by atoms with Crippen molar-refractivity contribution in [3.8, 4) is 11.5 Å². The minimum atomic E-state index is -0.137. The third kappa shape index (κ3) is 1.62. The first-order valence-electron chi connectivity index (χ1n) is 8.18. The van der Waals surface area contributed by atoms with Crippen LogP contribution in [0.1, 0.15) is 25.0 Å². The summed E-state index contributed by atoms with van der Waals surface area (Å²) in [4.78, 5) is 2.31. The molecule has 0 amide bonds. The Balaban J connectivity index is 1.93. The van der Waals surface area contributed by atoms with Crippen LogP contribution in [0.5, 0.6) is 11.5 Å². The molecule has 0 atom stereocenters. The van der Waals surface area contributed by atoms with Crippen molar-refractivity contribution in [2.45, 2.75) is 19.3 Å². The molecule has 0 aromatic heterocycles. The SMILES string of the molecule is [B]c1cc2c3c(c1)C(C)(C)c1ccccc1N3c1ccccc1O2. The summed E-state index contributed by atoms with van der Waals surface area (Å²) in [5.74, 6) is 1.68. The Morgan fingerprint density at radius 3 is 2.38 bits per heavy atom. The lowest BCUT2D eigenvalue weighted by molar-refractivity contribution is 0.472. The number of benzene rings is 3. The lowest BCUT2D eigenvalue weighted by Gasteiger charge is -2.45. The van der Waals surface area contributed by atoms with Gasteiger partial charge in [0.2, 0.25) is 0 Å². The number of hydrogen-bond acceptors (Lipinski definition) is 2. The van der Waals surface area contributed by atoms with Crippen molar-refractivity contribution in [3.05, 3.63) is 71.8 Å². The first-order chi connectivity index (χ1) is 11.6. The van der Waals surface area contributed by atoms with Crippen LogP contribution < -0.4 is 15.1 Å². The van der Waals surface area contributed by atoms with Gasteiger partial charge in [0.05, 0.1) is 17.1 Å². The second-order valence-corrected chi connectivity index (χ2v) is 6.96. The molecule has 2 aliphatic heterocycles. The third-order valence-electron chi connectivity index (χ3n) is 5.14. The quantitative estimate of drug-likeness (QED) is 0.437. The Hall–Kier alpha value is -2.68. The Kier molecular flexibility index (Phi) is 2.54. The van der Waals surface area contributed by atoms with E-state index < -0.39 is 0 Å². The number of hydrogen-bond donors (Lipinski definition) is 0. The maximum Gasteiger partial charge on any atom is 0.151 e. The Bertz CT molecular complexity index is 993. The fourth-order valence-corrected chi connectivity index (χ4v) is 3.97. The van der Waals surface area contributed by atoms with Crippen molar-refractivity contribution >= 4 is 30.4 Å². The Morgan fingerprint density at radius 2 is 1.54 bits per heavy atom. The van der Waals surface area contributed by atoms with E-state index >= 15 is 0 Å². The van der Waals surface area contributed by atoms with E-state index in [0.29, 0.717) is 0 Å². The topological polar surface area (TPSA) is 12.5 Å². The zero-order valence-corrected chi connectivity index (χ0v) is 13.7. The monoisotopic (exact) mass is 309 g/mol. The molecule has 0 bridgehead atoms. The van der Waals surface area contributed by atoms with E-state index in [1.165, 1.54) is 16.8 Å². The normalized spacial score (nSPS) is 15.8. The van der Waals surface area contributed by atoms with E-state index in [1.54, 1.807) is 0 Å². The Labute approximate surface area is 143 Å². The molecule has 0 saturated carbocycles. The van der Waals surface area contributed by atoms with E-state index in [0.717, 1.165) is 28.3 Å². The second kappa shape index (κ2) is 4.44. The lowest BCUT2D eigenvalue weighted by Crippen LogP contribution is -2.33. The smallest absolute Gasteiger partial charge is 0.151 e. The van der Waals surface area contributed by atoms with Crippen LogP contribution in [-0.4, -0.2) is 7.85 Å². The van der Waals surface area contributed by atoms with Crippen LogP contribution in [0.4, 0.5) is 17.1 Å². The van der Waals surface area contributed by atoms with Crippen LogP contribution in [0.2, 0.25) is 0 Å². The van der Waals surface area contributed by atoms with Gasteiger partial charge in [-0.1, -0.05) is 55.7 Å². The third-order valence-corrected chi connectivity index (χ3v) is 5.14. The molecule has 3 aromatic carbocycles. The van der Waals surface area contributed by atoms with E-state index in [-0.39, 0.29) is 5.41 Å². The van der Waals surface area contributed by atoms with Gasteiger partial charge in [-0.2, -0.15) is 0 Å². The van der Waals surface area contributed by atoms with Gasteiger partial charge in [-0.25, -0.2) is 0 Å². The van der Waals surface area contributed by atoms with Crippen LogP contribution in [-0.2, 0) is 5.41 Å². The van der Waals surface area contributed by atoms with E-state index in [2.05, 4.69) is 55.1 Å².